The van der Waals surface area contributed by atoms with Gasteiger partial charge in [0.25, 0.3) is 0 Å². The zero-order valence-corrected chi connectivity index (χ0v) is 13.6. The lowest BCUT2D eigenvalue weighted by Crippen LogP contribution is -2.42. The molecular weight excluding hydrogens is 329 g/mol. The zero-order valence-electron chi connectivity index (χ0n) is 12.0. The molecule has 0 aliphatic rings. The van der Waals surface area contributed by atoms with E-state index >= 15 is 0 Å². The molecule has 0 rings (SSSR count). The minimum atomic E-state index is -3.95. The third-order valence-electron chi connectivity index (χ3n) is 1.98. The molecule has 0 heterocycles. The van der Waals surface area contributed by atoms with Crippen LogP contribution in [0.2, 0.25) is 0 Å². The Morgan fingerprint density at radius 1 is 1.33 bits per heavy atom. The first-order valence-electron chi connectivity index (χ1n) is 6.14. The minimum Gasteiger partial charge on any atom is -0.322 e. The van der Waals surface area contributed by atoms with Crippen LogP contribution in [0.15, 0.2) is 5.29 Å². The summed E-state index contributed by atoms with van der Waals surface area (Å²) in [6, 6.07) is -0.904. The van der Waals surface area contributed by atoms with Crippen molar-refractivity contribution in [2.24, 2.45) is 5.29 Å². The molecule has 0 saturated heterocycles. The van der Waals surface area contributed by atoms with Crippen LogP contribution in [0.4, 0.5) is 4.79 Å². The first-order valence-corrected chi connectivity index (χ1v) is 8.29. The van der Waals surface area contributed by atoms with Crippen LogP contribution in [-0.2, 0) is 23.7 Å². The predicted molar refractivity (Wildman–Crippen MR) is 74.2 cm³/mol. The van der Waals surface area contributed by atoms with Gasteiger partial charge >= 0.3 is 13.6 Å². The molecule has 124 valence electrons. The van der Waals surface area contributed by atoms with Gasteiger partial charge in [-0.3, -0.25) is 4.57 Å². The van der Waals surface area contributed by atoms with Crippen LogP contribution in [0, 0.1) is 4.91 Å². The largest absolute Gasteiger partial charge is 0.405 e. The molecule has 0 aliphatic carbocycles. The van der Waals surface area contributed by atoms with Crippen molar-refractivity contribution in [1.29, 1.82) is 0 Å². The highest BCUT2D eigenvalue weighted by Gasteiger charge is 2.38. The topological polar surface area (TPSA) is 116 Å². The summed E-state index contributed by atoms with van der Waals surface area (Å²) < 4.78 is 21.7. The Bertz CT molecular complexity index is 361. The van der Waals surface area contributed by atoms with Crippen molar-refractivity contribution < 1.29 is 28.5 Å². The number of nitrogens with zero attached hydrogens (tertiary/aromatic N) is 2. The Morgan fingerprint density at radius 2 is 1.86 bits per heavy atom. The van der Waals surface area contributed by atoms with E-state index in [-0.39, 0.29) is 25.6 Å². The predicted octanol–water partition coefficient (Wildman–Crippen LogP) is 2.39. The quantitative estimate of drug-likeness (QED) is 0.200. The number of amides is 2. The average Bonchev–Trinajstić information content (AvgIpc) is 2.48. The summed E-state index contributed by atoms with van der Waals surface area (Å²) >= 11 is 5.42. The van der Waals surface area contributed by atoms with Crippen LogP contribution in [0.3, 0.4) is 0 Å². The second kappa shape index (κ2) is 10.9. The van der Waals surface area contributed by atoms with Gasteiger partial charge in [-0.2, -0.15) is 5.01 Å². The fourth-order valence-electron chi connectivity index (χ4n) is 0.986. The van der Waals surface area contributed by atoms with Crippen molar-refractivity contribution in [3.63, 3.8) is 0 Å². The molecule has 0 aromatic carbocycles. The van der Waals surface area contributed by atoms with E-state index in [9.17, 15) is 14.3 Å². The molecular formula is C9H19ClN3O7P. The highest BCUT2D eigenvalue weighted by Crippen LogP contribution is 2.52. The lowest BCUT2D eigenvalue weighted by Gasteiger charge is -2.23. The maximum absolute atomic E-state index is 12.4. The monoisotopic (exact) mass is 347 g/mol. The van der Waals surface area contributed by atoms with E-state index < -0.39 is 19.4 Å². The Balaban J connectivity index is 4.78. The molecule has 0 aromatic heterocycles. The van der Waals surface area contributed by atoms with Crippen LogP contribution < -0.4 is 5.32 Å². The van der Waals surface area contributed by atoms with Crippen LogP contribution in [0.25, 0.3) is 0 Å². The van der Waals surface area contributed by atoms with E-state index in [0.717, 1.165) is 0 Å². The van der Waals surface area contributed by atoms with E-state index in [2.05, 4.69) is 29.7 Å². The van der Waals surface area contributed by atoms with Gasteiger partial charge < -0.3 is 5.32 Å². The van der Waals surface area contributed by atoms with Crippen LogP contribution in [0.5, 0.6) is 0 Å². The maximum atomic E-state index is 12.4. The normalized spacial score (nSPS) is 12.8. The van der Waals surface area contributed by atoms with Crippen LogP contribution in [0.1, 0.15) is 20.8 Å². The molecule has 0 radical (unpaired) electrons. The van der Waals surface area contributed by atoms with Gasteiger partial charge in [0.05, 0.1) is 25.0 Å². The number of alkyl halides is 1. The van der Waals surface area contributed by atoms with Crippen LogP contribution >= 0.6 is 19.2 Å². The summed E-state index contributed by atoms with van der Waals surface area (Å²) in [4.78, 5) is 31.4. The molecule has 0 bridgehead atoms. The highest BCUT2D eigenvalue weighted by molar-refractivity contribution is 7.54. The van der Waals surface area contributed by atoms with Crippen molar-refractivity contribution in [1.82, 2.24) is 10.3 Å². The smallest absolute Gasteiger partial charge is 0.322 e. The summed E-state index contributed by atoms with van der Waals surface area (Å²) in [7, 11) is -3.95. The second-order valence-corrected chi connectivity index (χ2v) is 6.05. The van der Waals surface area contributed by atoms with E-state index in [1.807, 2.05) is 0 Å². The molecule has 1 atom stereocenters. The van der Waals surface area contributed by atoms with Gasteiger partial charge in [0, 0.05) is 5.88 Å². The van der Waals surface area contributed by atoms with E-state index in [1.54, 1.807) is 13.8 Å². The summed E-state index contributed by atoms with van der Waals surface area (Å²) in [5.74, 6) is -1.14. The molecule has 12 heteroatoms. The summed E-state index contributed by atoms with van der Waals surface area (Å²) in [5.41, 5.74) is 0. The second-order valence-electron chi connectivity index (χ2n) is 3.52. The van der Waals surface area contributed by atoms with Gasteiger partial charge in [-0.15, -0.1) is 25.9 Å². The third kappa shape index (κ3) is 7.16. The molecule has 0 aromatic rings. The van der Waals surface area contributed by atoms with Gasteiger partial charge in [-0.1, -0.05) is 0 Å². The van der Waals surface area contributed by atoms with E-state index in [1.165, 1.54) is 6.92 Å². The molecule has 0 fully saturated rings. The minimum absolute atomic E-state index is 0.0100. The summed E-state index contributed by atoms with van der Waals surface area (Å²) in [5, 5.41) is 5.26. The Labute approximate surface area is 127 Å². The molecule has 1 N–H and O–H groups in total. The van der Waals surface area contributed by atoms with Gasteiger partial charge in [-0.25, -0.2) is 14.6 Å². The molecule has 0 saturated carbocycles. The van der Waals surface area contributed by atoms with Crippen molar-refractivity contribution in [2.75, 3.05) is 25.6 Å². The molecule has 1 unspecified atom stereocenters. The number of halogens is 1. The zero-order chi connectivity index (χ0) is 16.3. The number of urea groups is 1. The molecule has 0 aliphatic heterocycles. The summed E-state index contributed by atoms with van der Waals surface area (Å²) in [6.07, 6.45) is 0. The number of carbonyl (C=O) groups excluding carboxylic acids is 1. The lowest BCUT2D eigenvalue weighted by molar-refractivity contribution is -0.264. The molecule has 2 amide bonds. The average molecular weight is 348 g/mol. The first-order chi connectivity index (χ1) is 9.95. The standard InChI is InChI=1S/C9H19ClN3O7P/c1-4-17-19-21(16,20-18-5-2)8(3)11-9(14)13(12-15)7-6-10/h8H,4-7H2,1-3H3,(H,11,14). The number of nitroso groups, excluding NO2 is 1. The van der Waals surface area contributed by atoms with Crippen molar-refractivity contribution >= 4 is 25.2 Å². The van der Waals surface area contributed by atoms with Gasteiger partial charge in [0.15, 0.2) is 0 Å². The number of carbonyl (C=O) groups is 1. The Hall–Kier alpha value is -0.770. The fourth-order valence-corrected chi connectivity index (χ4v) is 2.20. The Morgan fingerprint density at radius 3 is 2.24 bits per heavy atom. The number of nitrogens with one attached hydrogen (secondary N) is 1. The van der Waals surface area contributed by atoms with Gasteiger partial charge in [-0.05, 0) is 20.8 Å². The Kier molecular flexibility index (Phi) is 10.5. The van der Waals surface area contributed by atoms with E-state index in [0.29, 0.717) is 5.01 Å². The third-order valence-corrected chi connectivity index (χ3v) is 3.86. The van der Waals surface area contributed by atoms with E-state index in [4.69, 9.17) is 11.6 Å². The maximum Gasteiger partial charge on any atom is 0.405 e. The number of hydrogen-bond acceptors (Lipinski definition) is 8. The van der Waals surface area contributed by atoms with Gasteiger partial charge in [0.2, 0.25) is 0 Å². The highest BCUT2D eigenvalue weighted by atomic mass is 35.5. The van der Waals surface area contributed by atoms with Crippen molar-refractivity contribution in [2.45, 2.75) is 26.6 Å². The SMILES string of the molecule is CCOOP(=O)(OOCC)C(C)NC(=O)N(CCCl)N=O. The number of hydrogen-bond donors (Lipinski definition) is 1. The molecule has 0 spiro atoms. The summed E-state index contributed by atoms with van der Waals surface area (Å²) in [6.45, 7) is 4.65. The molecule has 21 heavy (non-hydrogen) atoms. The molecule has 10 nitrogen and oxygen atoms in total. The van der Waals surface area contributed by atoms with Crippen molar-refractivity contribution in [3.8, 4) is 0 Å². The number of rotatable bonds is 11. The van der Waals surface area contributed by atoms with Crippen LogP contribution in [-0.4, -0.2) is 42.5 Å². The fraction of sp³-hybridized carbons (Fsp3) is 0.889. The first kappa shape index (κ1) is 20.2. The van der Waals surface area contributed by atoms with Gasteiger partial charge in [0.1, 0.15) is 5.78 Å². The lowest BCUT2D eigenvalue weighted by atomic mass is 10.6. The van der Waals surface area contributed by atoms with Crippen molar-refractivity contribution in [3.05, 3.63) is 4.91 Å².